The van der Waals surface area contributed by atoms with Crippen molar-refractivity contribution in [3.05, 3.63) is 0 Å². The first-order chi connectivity index (χ1) is 7.76. The Labute approximate surface area is 97.9 Å². The van der Waals surface area contributed by atoms with Gasteiger partial charge in [0.2, 0.25) is 0 Å². The zero-order valence-corrected chi connectivity index (χ0v) is 10.3. The van der Waals surface area contributed by atoms with Crippen molar-refractivity contribution in [1.82, 2.24) is 5.32 Å². The van der Waals surface area contributed by atoms with Gasteiger partial charge in [-0.3, -0.25) is 4.79 Å². The van der Waals surface area contributed by atoms with Gasteiger partial charge in [-0.05, 0) is 45.1 Å². The summed E-state index contributed by atoms with van der Waals surface area (Å²) in [5, 5.41) is 3.21. The standard InChI is InChI=1S/C13H23NO2/c1-2-7-14-10-12(15)11-4-8-16-13(9-11)5-3-6-13/h11,14H,2-10H2,1H3. The Hall–Kier alpha value is -0.410. The van der Waals surface area contributed by atoms with Crippen LogP contribution >= 0.6 is 0 Å². The Balaban J connectivity index is 1.77. The Morgan fingerprint density at radius 1 is 1.50 bits per heavy atom. The van der Waals surface area contributed by atoms with Gasteiger partial charge in [-0.1, -0.05) is 6.92 Å². The van der Waals surface area contributed by atoms with Crippen molar-refractivity contribution in [2.24, 2.45) is 5.92 Å². The SMILES string of the molecule is CCCNCC(=O)C1CCOC2(CCC2)C1. The highest BCUT2D eigenvalue weighted by Crippen LogP contribution is 2.44. The number of carbonyl (C=O) groups excluding carboxylic acids is 1. The van der Waals surface area contributed by atoms with Crippen LogP contribution in [0.2, 0.25) is 0 Å². The van der Waals surface area contributed by atoms with Crippen LogP contribution in [0, 0.1) is 5.92 Å². The number of hydrogen-bond donors (Lipinski definition) is 1. The number of nitrogens with one attached hydrogen (secondary N) is 1. The topological polar surface area (TPSA) is 38.3 Å². The van der Waals surface area contributed by atoms with Gasteiger partial charge >= 0.3 is 0 Å². The minimum Gasteiger partial charge on any atom is -0.375 e. The van der Waals surface area contributed by atoms with E-state index in [9.17, 15) is 4.79 Å². The first kappa shape index (κ1) is 12.1. The summed E-state index contributed by atoms with van der Waals surface area (Å²) in [7, 11) is 0. The summed E-state index contributed by atoms with van der Waals surface area (Å²) in [5.41, 5.74) is 0.101. The maximum Gasteiger partial charge on any atom is 0.149 e. The second-order valence-electron chi connectivity index (χ2n) is 5.22. The van der Waals surface area contributed by atoms with Gasteiger partial charge in [0.25, 0.3) is 0 Å². The smallest absolute Gasteiger partial charge is 0.149 e. The molecule has 1 unspecified atom stereocenters. The van der Waals surface area contributed by atoms with E-state index in [4.69, 9.17) is 4.74 Å². The number of Topliss-reactive ketones (excluding diaryl/α,β-unsaturated/α-hetero) is 1. The lowest BCUT2D eigenvalue weighted by Gasteiger charge is -2.46. The summed E-state index contributed by atoms with van der Waals surface area (Å²) in [6, 6.07) is 0. The Morgan fingerprint density at radius 2 is 2.31 bits per heavy atom. The van der Waals surface area contributed by atoms with E-state index in [2.05, 4.69) is 12.2 Å². The van der Waals surface area contributed by atoms with Gasteiger partial charge < -0.3 is 10.1 Å². The fraction of sp³-hybridized carbons (Fsp3) is 0.923. The molecule has 1 aliphatic carbocycles. The van der Waals surface area contributed by atoms with Crippen LogP contribution < -0.4 is 5.32 Å². The molecule has 0 bridgehead atoms. The zero-order chi connectivity index (χ0) is 11.4. The Bertz CT molecular complexity index is 248. The summed E-state index contributed by atoms with van der Waals surface area (Å²) in [5.74, 6) is 0.640. The fourth-order valence-electron chi connectivity index (χ4n) is 2.75. The summed E-state index contributed by atoms with van der Waals surface area (Å²) < 4.78 is 5.83. The van der Waals surface area contributed by atoms with Crippen LogP contribution in [-0.2, 0) is 9.53 Å². The molecule has 0 aromatic rings. The van der Waals surface area contributed by atoms with Gasteiger partial charge in [-0.15, -0.1) is 0 Å². The number of carbonyl (C=O) groups is 1. The molecular weight excluding hydrogens is 202 g/mol. The van der Waals surface area contributed by atoms with Gasteiger partial charge in [0.1, 0.15) is 5.78 Å². The van der Waals surface area contributed by atoms with E-state index in [1.165, 1.54) is 19.3 Å². The minimum atomic E-state index is 0.101. The Morgan fingerprint density at radius 3 is 2.94 bits per heavy atom. The molecular formula is C13H23NO2. The van der Waals surface area contributed by atoms with Crippen LogP contribution in [0.25, 0.3) is 0 Å². The third-order valence-electron chi connectivity index (χ3n) is 3.94. The minimum absolute atomic E-state index is 0.101. The van der Waals surface area contributed by atoms with Gasteiger partial charge in [0, 0.05) is 12.5 Å². The molecule has 2 aliphatic rings. The number of rotatable bonds is 5. The summed E-state index contributed by atoms with van der Waals surface area (Å²) in [4.78, 5) is 12.0. The number of ether oxygens (including phenoxy) is 1. The molecule has 0 aromatic heterocycles. The molecule has 16 heavy (non-hydrogen) atoms. The lowest BCUT2D eigenvalue weighted by atomic mass is 9.71. The largest absolute Gasteiger partial charge is 0.375 e. The van der Waals surface area contributed by atoms with E-state index < -0.39 is 0 Å². The van der Waals surface area contributed by atoms with Crippen molar-refractivity contribution in [1.29, 1.82) is 0 Å². The molecule has 3 nitrogen and oxygen atoms in total. The first-order valence-electron chi connectivity index (χ1n) is 6.63. The highest BCUT2D eigenvalue weighted by atomic mass is 16.5. The van der Waals surface area contributed by atoms with Crippen molar-refractivity contribution in [2.45, 2.75) is 51.0 Å². The molecule has 1 saturated heterocycles. The molecule has 0 radical (unpaired) electrons. The second kappa shape index (κ2) is 5.28. The molecule has 0 amide bonds. The molecule has 1 heterocycles. The third kappa shape index (κ3) is 2.64. The van der Waals surface area contributed by atoms with E-state index in [0.717, 1.165) is 32.4 Å². The van der Waals surface area contributed by atoms with Crippen LogP contribution in [0.3, 0.4) is 0 Å². The second-order valence-corrected chi connectivity index (χ2v) is 5.22. The van der Waals surface area contributed by atoms with Crippen LogP contribution in [0.1, 0.15) is 45.4 Å². The molecule has 1 aliphatic heterocycles. The van der Waals surface area contributed by atoms with Gasteiger partial charge in [0.15, 0.2) is 0 Å². The Kier molecular flexibility index (Phi) is 3.98. The lowest BCUT2D eigenvalue weighted by Crippen LogP contribution is -2.48. The molecule has 3 heteroatoms. The van der Waals surface area contributed by atoms with Gasteiger partial charge in [-0.25, -0.2) is 0 Å². The molecule has 92 valence electrons. The zero-order valence-electron chi connectivity index (χ0n) is 10.3. The highest BCUT2D eigenvalue weighted by Gasteiger charge is 2.43. The predicted octanol–water partition coefficient (Wildman–Crippen LogP) is 1.90. The van der Waals surface area contributed by atoms with Gasteiger partial charge in [0.05, 0.1) is 12.1 Å². The molecule has 2 fully saturated rings. The summed E-state index contributed by atoms with van der Waals surface area (Å²) in [6.07, 6.45) is 6.59. The van der Waals surface area contributed by atoms with Crippen LogP contribution in [0.5, 0.6) is 0 Å². The third-order valence-corrected chi connectivity index (χ3v) is 3.94. The molecule has 2 rings (SSSR count). The first-order valence-corrected chi connectivity index (χ1v) is 6.63. The van der Waals surface area contributed by atoms with Gasteiger partial charge in [-0.2, -0.15) is 0 Å². The monoisotopic (exact) mass is 225 g/mol. The van der Waals surface area contributed by atoms with Crippen molar-refractivity contribution in [3.63, 3.8) is 0 Å². The average Bonchev–Trinajstić information content (AvgIpc) is 2.27. The van der Waals surface area contributed by atoms with Crippen LogP contribution in [-0.4, -0.2) is 31.1 Å². The van der Waals surface area contributed by atoms with Crippen LogP contribution in [0.15, 0.2) is 0 Å². The van der Waals surface area contributed by atoms with E-state index in [0.29, 0.717) is 12.3 Å². The van der Waals surface area contributed by atoms with Crippen molar-refractivity contribution < 1.29 is 9.53 Å². The number of ketones is 1. The fourth-order valence-corrected chi connectivity index (χ4v) is 2.75. The predicted molar refractivity (Wildman–Crippen MR) is 63.4 cm³/mol. The van der Waals surface area contributed by atoms with E-state index >= 15 is 0 Å². The van der Waals surface area contributed by atoms with E-state index in [1.807, 2.05) is 0 Å². The summed E-state index contributed by atoms with van der Waals surface area (Å²) in [6.45, 7) is 4.40. The summed E-state index contributed by atoms with van der Waals surface area (Å²) >= 11 is 0. The molecule has 1 N–H and O–H groups in total. The molecule has 1 atom stereocenters. The van der Waals surface area contributed by atoms with Crippen molar-refractivity contribution in [2.75, 3.05) is 19.7 Å². The van der Waals surface area contributed by atoms with Crippen molar-refractivity contribution in [3.8, 4) is 0 Å². The maximum atomic E-state index is 12.0. The van der Waals surface area contributed by atoms with E-state index in [-0.39, 0.29) is 11.5 Å². The molecule has 1 saturated carbocycles. The molecule has 1 spiro atoms. The lowest BCUT2D eigenvalue weighted by molar-refractivity contribution is -0.155. The molecule has 0 aromatic carbocycles. The maximum absolute atomic E-state index is 12.0. The van der Waals surface area contributed by atoms with E-state index in [1.54, 1.807) is 0 Å². The normalized spacial score (nSPS) is 27.7. The highest BCUT2D eigenvalue weighted by molar-refractivity contribution is 5.83. The average molecular weight is 225 g/mol. The van der Waals surface area contributed by atoms with Crippen molar-refractivity contribution >= 4 is 5.78 Å². The van der Waals surface area contributed by atoms with Crippen LogP contribution in [0.4, 0.5) is 0 Å². The number of hydrogen-bond acceptors (Lipinski definition) is 3. The quantitative estimate of drug-likeness (QED) is 0.726.